The number of benzene rings is 2. The van der Waals surface area contributed by atoms with Crippen molar-refractivity contribution in [3.63, 3.8) is 0 Å². The van der Waals surface area contributed by atoms with Crippen molar-refractivity contribution in [3.8, 4) is 0 Å². The van der Waals surface area contributed by atoms with E-state index in [2.05, 4.69) is 10.6 Å². The van der Waals surface area contributed by atoms with Crippen molar-refractivity contribution in [1.82, 2.24) is 10.2 Å². The van der Waals surface area contributed by atoms with E-state index >= 15 is 0 Å². The van der Waals surface area contributed by atoms with Gasteiger partial charge >= 0.3 is 0 Å². The lowest BCUT2D eigenvalue weighted by Crippen LogP contribution is -2.36. The number of hydrogen-bond donors (Lipinski definition) is 2. The van der Waals surface area contributed by atoms with E-state index in [1.165, 1.54) is 23.1 Å². The van der Waals surface area contributed by atoms with Crippen LogP contribution < -0.4 is 10.6 Å². The topological polar surface area (TPSA) is 105 Å². The van der Waals surface area contributed by atoms with Crippen LogP contribution in [0.5, 0.6) is 0 Å². The maximum Gasteiger partial charge on any atom is 0.261 e. The summed E-state index contributed by atoms with van der Waals surface area (Å²) in [6.45, 7) is 5.36. The van der Waals surface area contributed by atoms with Gasteiger partial charge in [-0.15, -0.1) is 0 Å². The maximum absolute atomic E-state index is 12.9. The second-order valence-corrected chi connectivity index (χ2v) is 8.72. The number of nitrogens with one attached hydrogen (secondary N) is 2. The molecule has 2 aromatic rings. The third-order valence-corrected chi connectivity index (χ3v) is 5.73. The van der Waals surface area contributed by atoms with Crippen molar-refractivity contribution in [3.05, 3.63) is 64.7 Å². The van der Waals surface area contributed by atoms with E-state index in [-0.39, 0.29) is 41.2 Å². The Morgan fingerprint density at radius 1 is 1.06 bits per heavy atom. The van der Waals surface area contributed by atoms with Crippen LogP contribution in [-0.4, -0.2) is 54.3 Å². The number of amides is 4. The van der Waals surface area contributed by atoms with E-state index < -0.39 is 11.8 Å². The summed E-state index contributed by atoms with van der Waals surface area (Å²) < 4.78 is 5.56. The molecule has 8 heteroatoms. The van der Waals surface area contributed by atoms with E-state index in [1.54, 1.807) is 24.3 Å². The van der Waals surface area contributed by atoms with Gasteiger partial charge in [-0.05, 0) is 49.1 Å². The van der Waals surface area contributed by atoms with E-state index in [0.29, 0.717) is 30.3 Å². The minimum Gasteiger partial charge on any atom is -0.376 e. The largest absolute Gasteiger partial charge is 0.376 e. The highest BCUT2D eigenvalue weighted by atomic mass is 16.5. The zero-order valence-electron chi connectivity index (χ0n) is 18.7. The highest BCUT2D eigenvalue weighted by Crippen LogP contribution is 2.26. The Balaban J connectivity index is 1.50. The molecule has 0 saturated carbocycles. The lowest BCUT2D eigenvalue weighted by Gasteiger charge is -2.17. The molecule has 0 spiro atoms. The van der Waals surface area contributed by atoms with Gasteiger partial charge in [0.15, 0.2) is 0 Å². The molecule has 2 aliphatic rings. The number of imide groups is 1. The molecule has 33 heavy (non-hydrogen) atoms. The van der Waals surface area contributed by atoms with Gasteiger partial charge in [0.2, 0.25) is 0 Å². The molecular formula is C25H27N3O5. The molecule has 1 unspecified atom stereocenters. The Morgan fingerprint density at radius 3 is 2.55 bits per heavy atom. The van der Waals surface area contributed by atoms with Gasteiger partial charge in [0.1, 0.15) is 0 Å². The van der Waals surface area contributed by atoms with Gasteiger partial charge in [-0.1, -0.05) is 26.0 Å². The van der Waals surface area contributed by atoms with Gasteiger partial charge in [0, 0.05) is 18.7 Å². The summed E-state index contributed by atoms with van der Waals surface area (Å²) in [5.74, 6) is -1.25. The van der Waals surface area contributed by atoms with Crippen molar-refractivity contribution in [2.24, 2.45) is 5.92 Å². The first-order valence-corrected chi connectivity index (χ1v) is 11.2. The molecule has 0 aliphatic carbocycles. The Labute approximate surface area is 192 Å². The van der Waals surface area contributed by atoms with Crippen molar-refractivity contribution in [1.29, 1.82) is 0 Å². The molecule has 1 fully saturated rings. The number of ether oxygens (including phenoxy) is 1. The standard InChI is InChI=1S/C25H27N3O5/c1-15(2)13-26-23(30)19-7-3-4-8-21(19)27-22(29)16-9-10-18-20(12-16)25(32)28(24(18)31)14-17-6-5-11-33-17/h3-4,7-10,12,15,17H,5-6,11,13-14H2,1-2H3,(H,26,30)(H,27,29). The average Bonchev–Trinajstić information content (AvgIpc) is 3.40. The monoisotopic (exact) mass is 449 g/mol. The molecule has 1 atom stereocenters. The minimum absolute atomic E-state index is 0.145. The van der Waals surface area contributed by atoms with Crippen LogP contribution in [0.2, 0.25) is 0 Å². The Bertz CT molecular complexity index is 1100. The fourth-order valence-electron chi connectivity index (χ4n) is 3.97. The second kappa shape index (κ2) is 9.54. The van der Waals surface area contributed by atoms with E-state index in [1.807, 2.05) is 13.8 Å². The highest BCUT2D eigenvalue weighted by molar-refractivity contribution is 6.22. The fraction of sp³-hybridized carbons (Fsp3) is 0.360. The van der Waals surface area contributed by atoms with Crippen molar-refractivity contribution < 1.29 is 23.9 Å². The predicted molar refractivity (Wildman–Crippen MR) is 122 cm³/mol. The molecule has 172 valence electrons. The van der Waals surface area contributed by atoms with Crippen LogP contribution in [-0.2, 0) is 4.74 Å². The lowest BCUT2D eigenvalue weighted by atomic mass is 10.0. The minimum atomic E-state index is -0.472. The van der Waals surface area contributed by atoms with Crippen molar-refractivity contribution in [2.75, 3.05) is 25.0 Å². The van der Waals surface area contributed by atoms with Crippen LogP contribution in [0, 0.1) is 5.92 Å². The quantitative estimate of drug-likeness (QED) is 0.632. The van der Waals surface area contributed by atoms with Gasteiger partial charge in [0.25, 0.3) is 23.6 Å². The number of hydrogen-bond acceptors (Lipinski definition) is 5. The van der Waals surface area contributed by atoms with Crippen molar-refractivity contribution >= 4 is 29.3 Å². The molecule has 0 aromatic heterocycles. The van der Waals surface area contributed by atoms with Gasteiger partial charge in [-0.3, -0.25) is 24.1 Å². The molecular weight excluding hydrogens is 422 g/mol. The molecule has 0 bridgehead atoms. The SMILES string of the molecule is CC(C)CNC(=O)c1ccccc1NC(=O)c1ccc2c(c1)C(=O)N(CC1CCCO1)C2=O. The van der Waals surface area contributed by atoms with Crippen molar-refractivity contribution in [2.45, 2.75) is 32.8 Å². The van der Waals surface area contributed by atoms with Gasteiger partial charge in [-0.25, -0.2) is 0 Å². The first kappa shape index (κ1) is 22.7. The van der Waals surface area contributed by atoms with Crippen LogP contribution in [0.4, 0.5) is 5.69 Å². The smallest absolute Gasteiger partial charge is 0.261 e. The molecule has 2 aliphatic heterocycles. The second-order valence-electron chi connectivity index (χ2n) is 8.72. The number of fused-ring (bicyclic) bond motifs is 1. The molecule has 4 rings (SSSR count). The molecule has 1 saturated heterocycles. The van der Waals surface area contributed by atoms with Crippen LogP contribution in [0.1, 0.15) is 68.1 Å². The zero-order valence-corrected chi connectivity index (χ0v) is 18.7. The number of carbonyl (C=O) groups excluding carboxylic acids is 4. The molecule has 8 nitrogen and oxygen atoms in total. The van der Waals surface area contributed by atoms with Gasteiger partial charge in [0.05, 0.1) is 35.0 Å². The molecule has 4 amide bonds. The lowest BCUT2D eigenvalue weighted by molar-refractivity contribution is 0.0475. The third kappa shape index (κ3) is 4.80. The van der Waals surface area contributed by atoms with Crippen LogP contribution >= 0.6 is 0 Å². The Kier molecular flexibility index (Phi) is 6.55. The third-order valence-electron chi connectivity index (χ3n) is 5.73. The van der Waals surface area contributed by atoms with Gasteiger partial charge < -0.3 is 15.4 Å². The normalized spacial score (nSPS) is 17.4. The number of nitrogens with zero attached hydrogens (tertiary/aromatic N) is 1. The molecule has 2 heterocycles. The molecule has 2 N–H and O–H groups in total. The summed E-state index contributed by atoms with van der Waals surface area (Å²) in [6, 6.07) is 11.2. The fourth-order valence-corrected chi connectivity index (χ4v) is 3.97. The van der Waals surface area contributed by atoms with Crippen LogP contribution in [0.15, 0.2) is 42.5 Å². The van der Waals surface area contributed by atoms with E-state index in [4.69, 9.17) is 4.74 Å². The molecule has 0 radical (unpaired) electrons. The zero-order chi connectivity index (χ0) is 23.5. The van der Waals surface area contributed by atoms with Gasteiger partial charge in [-0.2, -0.15) is 0 Å². The summed E-state index contributed by atoms with van der Waals surface area (Å²) in [5, 5.41) is 5.60. The summed E-state index contributed by atoms with van der Waals surface area (Å²) >= 11 is 0. The van der Waals surface area contributed by atoms with E-state index in [0.717, 1.165) is 12.8 Å². The summed E-state index contributed by atoms with van der Waals surface area (Å²) in [7, 11) is 0. The van der Waals surface area contributed by atoms with Crippen LogP contribution in [0.25, 0.3) is 0 Å². The number of rotatable bonds is 7. The average molecular weight is 450 g/mol. The van der Waals surface area contributed by atoms with E-state index in [9.17, 15) is 19.2 Å². The number of anilines is 1. The summed E-state index contributed by atoms with van der Waals surface area (Å²) in [4.78, 5) is 52.2. The number of carbonyl (C=O) groups is 4. The number of para-hydroxylation sites is 1. The Hall–Kier alpha value is -3.52. The Morgan fingerprint density at radius 2 is 1.82 bits per heavy atom. The van der Waals surface area contributed by atoms with Crippen LogP contribution in [0.3, 0.4) is 0 Å². The first-order valence-electron chi connectivity index (χ1n) is 11.2. The first-order chi connectivity index (χ1) is 15.8. The summed E-state index contributed by atoms with van der Waals surface area (Å²) in [5.41, 5.74) is 1.43. The molecule has 2 aromatic carbocycles. The highest BCUT2D eigenvalue weighted by Gasteiger charge is 2.38. The maximum atomic E-state index is 12.9. The predicted octanol–water partition coefficient (Wildman–Crippen LogP) is 3.10. The summed E-state index contributed by atoms with van der Waals surface area (Å²) in [6.07, 6.45) is 1.58.